The SMILES string of the molecule is CC/C=C/C/C=C/C/C=C/CCCCCCCC(=O)O[C@@H](COC(=O)CCCCCCCCCCC/C=C/C/C=C/CCCCC)COC(=O)CCCCCCCCCCCCCCCCC. The molecule has 0 saturated carbocycles. The van der Waals surface area contributed by atoms with Crippen LogP contribution in [-0.4, -0.2) is 37.2 Å². The van der Waals surface area contributed by atoms with Gasteiger partial charge in [0.15, 0.2) is 6.10 Å². The summed E-state index contributed by atoms with van der Waals surface area (Å²) >= 11 is 0. The predicted molar refractivity (Wildman–Crippen MR) is 288 cm³/mol. The molecule has 0 aliphatic rings. The average Bonchev–Trinajstić information content (AvgIpc) is 3.33. The van der Waals surface area contributed by atoms with E-state index in [9.17, 15) is 14.4 Å². The number of ether oxygens (including phenoxy) is 3. The molecule has 0 heterocycles. The Hall–Kier alpha value is -2.89. The van der Waals surface area contributed by atoms with Gasteiger partial charge in [-0.1, -0.05) is 248 Å². The lowest BCUT2D eigenvalue weighted by atomic mass is 10.0. The molecule has 0 rings (SSSR count). The fourth-order valence-electron chi connectivity index (χ4n) is 8.19. The maximum absolute atomic E-state index is 12.8. The second-order valence-corrected chi connectivity index (χ2v) is 19.2. The molecule has 0 bridgehead atoms. The van der Waals surface area contributed by atoms with Crippen LogP contribution in [-0.2, 0) is 28.6 Å². The molecule has 0 amide bonds. The summed E-state index contributed by atoms with van der Waals surface area (Å²) in [5, 5.41) is 0. The highest BCUT2D eigenvalue weighted by molar-refractivity contribution is 5.71. The van der Waals surface area contributed by atoms with Crippen molar-refractivity contribution in [1.82, 2.24) is 0 Å². The van der Waals surface area contributed by atoms with E-state index in [0.717, 1.165) is 103 Å². The van der Waals surface area contributed by atoms with Crippen molar-refractivity contribution in [3.63, 3.8) is 0 Å². The monoisotopic (exact) mass is 937 g/mol. The topological polar surface area (TPSA) is 78.9 Å². The van der Waals surface area contributed by atoms with Crippen molar-refractivity contribution in [2.45, 2.75) is 297 Å². The summed E-state index contributed by atoms with van der Waals surface area (Å²) in [4.78, 5) is 38.2. The summed E-state index contributed by atoms with van der Waals surface area (Å²) in [7, 11) is 0. The number of hydrogen-bond acceptors (Lipinski definition) is 6. The highest BCUT2D eigenvalue weighted by Crippen LogP contribution is 2.16. The van der Waals surface area contributed by atoms with Gasteiger partial charge in [0, 0.05) is 19.3 Å². The number of unbranched alkanes of at least 4 members (excludes halogenated alkanes) is 31. The zero-order chi connectivity index (χ0) is 48.6. The number of esters is 3. The highest BCUT2D eigenvalue weighted by Gasteiger charge is 2.19. The summed E-state index contributed by atoms with van der Waals surface area (Å²) in [5.41, 5.74) is 0. The Balaban J connectivity index is 4.37. The molecule has 0 spiro atoms. The summed E-state index contributed by atoms with van der Waals surface area (Å²) in [6, 6.07) is 0. The molecule has 388 valence electrons. The maximum Gasteiger partial charge on any atom is 0.306 e. The van der Waals surface area contributed by atoms with Gasteiger partial charge in [0.05, 0.1) is 0 Å². The van der Waals surface area contributed by atoms with E-state index in [2.05, 4.69) is 81.5 Å². The molecule has 0 aromatic heterocycles. The molecule has 67 heavy (non-hydrogen) atoms. The first-order valence-corrected chi connectivity index (χ1v) is 28.8. The number of carbonyl (C=O) groups excluding carboxylic acids is 3. The number of hydrogen-bond donors (Lipinski definition) is 0. The largest absolute Gasteiger partial charge is 0.462 e. The summed E-state index contributed by atoms with van der Waals surface area (Å²) < 4.78 is 16.9. The number of rotatable bonds is 52. The van der Waals surface area contributed by atoms with Crippen LogP contribution in [0.15, 0.2) is 60.8 Å². The molecular weight excluding hydrogens is 829 g/mol. The fourth-order valence-corrected chi connectivity index (χ4v) is 8.19. The molecular formula is C61H108O6. The molecule has 0 saturated heterocycles. The van der Waals surface area contributed by atoms with Gasteiger partial charge < -0.3 is 14.2 Å². The van der Waals surface area contributed by atoms with Crippen molar-refractivity contribution in [2.24, 2.45) is 0 Å². The molecule has 0 N–H and O–H groups in total. The fraction of sp³-hybridized carbons (Fsp3) is 0.787. The van der Waals surface area contributed by atoms with Crippen LogP contribution in [0.4, 0.5) is 0 Å². The van der Waals surface area contributed by atoms with Gasteiger partial charge in [-0.05, 0) is 83.5 Å². The highest BCUT2D eigenvalue weighted by atomic mass is 16.6. The van der Waals surface area contributed by atoms with E-state index in [1.165, 1.54) is 148 Å². The molecule has 6 heteroatoms. The minimum Gasteiger partial charge on any atom is -0.462 e. The Bertz CT molecular complexity index is 1210. The summed E-state index contributed by atoms with van der Waals surface area (Å²) in [5.74, 6) is -0.889. The van der Waals surface area contributed by atoms with E-state index in [1.54, 1.807) is 0 Å². The molecule has 0 aromatic carbocycles. The average molecular weight is 938 g/mol. The third-order valence-corrected chi connectivity index (χ3v) is 12.5. The quantitative estimate of drug-likeness (QED) is 0.0262. The van der Waals surface area contributed by atoms with Crippen LogP contribution >= 0.6 is 0 Å². The van der Waals surface area contributed by atoms with Crippen LogP contribution in [0.2, 0.25) is 0 Å². The third-order valence-electron chi connectivity index (χ3n) is 12.5. The minimum absolute atomic E-state index is 0.0800. The van der Waals surface area contributed by atoms with Gasteiger partial charge >= 0.3 is 17.9 Å². The molecule has 0 aromatic rings. The van der Waals surface area contributed by atoms with Gasteiger partial charge in [-0.3, -0.25) is 14.4 Å². The summed E-state index contributed by atoms with van der Waals surface area (Å²) in [6.07, 6.45) is 69.2. The van der Waals surface area contributed by atoms with E-state index in [-0.39, 0.29) is 31.1 Å². The Morgan fingerprint density at radius 3 is 0.940 bits per heavy atom. The maximum atomic E-state index is 12.8. The van der Waals surface area contributed by atoms with E-state index in [4.69, 9.17) is 14.2 Å². The first-order chi connectivity index (χ1) is 33.0. The second kappa shape index (κ2) is 55.7. The van der Waals surface area contributed by atoms with E-state index >= 15 is 0 Å². The Kier molecular flexibility index (Phi) is 53.3. The Morgan fingerprint density at radius 2 is 0.582 bits per heavy atom. The standard InChI is InChI=1S/C61H108O6/c1-4-7-10-13-16-19-22-25-28-29-30-31-34-36-39-42-45-48-51-54-60(63)66-57-58(67-61(64)55-52-49-46-43-40-37-33-27-24-21-18-15-12-9-6-3)56-65-59(62)53-50-47-44-41-38-35-32-26-23-20-17-14-11-8-5-2/h9,12,16,18-19,21,25,27-28,33,58H,4-8,10-11,13-15,17,20,22-24,26,29-32,34-57H2,1-3H3/b12-9+,19-16+,21-18+,28-25+,33-27+/t58-/m1/s1. The molecule has 6 nitrogen and oxygen atoms in total. The molecule has 1 atom stereocenters. The van der Waals surface area contributed by atoms with Crippen LogP contribution in [0.5, 0.6) is 0 Å². The third kappa shape index (κ3) is 53.9. The lowest BCUT2D eigenvalue weighted by molar-refractivity contribution is -0.167. The van der Waals surface area contributed by atoms with Crippen LogP contribution < -0.4 is 0 Å². The van der Waals surface area contributed by atoms with E-state index < -0.39 is 6.10 Å². The van der Waals surface area contributed by atoms with Crippen molar-refractivity contribution in [2.75, 3.05) is 13.2 Å². The Labute approximate surface area is 415 Å². The van der Waals surface area contributed by atoms with Crippen LogP contribution in [0.1, 0.15) is 290 Å². The lowest BCUT2D eigenvalue weighted by Gasteiger charge is -2.18. The first kappa shape index (κ1) is 64.1. The van der Waals surface area contributed by atoms with Gasteiger partial charge in [-0.25, -0.2) is 0 Å². The molecule has 0 unspecified atom stereocenters. The van der Waals surface area contributed by atoms with E-state index in [1.807, 2.05) is 0 Å². The van der Waals surface area contributed by atoms with Crippen LogP contribution in [0, 0.1) is 0 Å². The van der Waals surface area contributed by atoms with Crippen LogP contribution in [0.25, 0.3) is 0 Å². The molecule has 0 aliphatic carbocycles. The van der Waals surface area contributed by atoms with E-state index in [0.29, 0.717) is 19.3 Å². The summed E-state index contributed by atoms with van der Waals surface area (Å²) in [6.45, 7) is 6.52. The van der Waals surface area contributed by atoms with Crippen molar-refractivity contribution in [1.29, 1.82) is 0 Å². The number of allylic oxidation sites excluding steroid dienone is 10. The van der Waals surface area contributed by atoms with Gasteiger partial charge in [-0.2, -0.15) is 0 Å². The van der Waals surface area contributed by atoms with Crippen molar-refractivity contribution in [3.8, 4) is 0 Å². The molecule has 0 radical (unpaired) electrons. The lowest BCUT2D eigenvalue weighted by Crippen LogP contribution is -2.30. The van der Waals surface area contributed by atoms with Gasteiger partial charge in [0.1, 0.15) is 13.2 Å². The Morgan fingerprint density at radius 1 is 0.313 bits per heavy atom. The van der Waals surface area contributed by atoms with Gasteiger partial charge in [-0.15, -0.1) is 0 Å². The van der Waals surface area contributed by atoms with Crippen molar-refractivity contribution < 1.29 is 28.6 Å². The van der Waals surface area contributed by atoms with Crippen molar-refractivity contribution >= 4 is 17.9 Å². The first-order valence-electron chi connectivity index (χ1n) is 28.8. The van der Waals surface area contributed by atoms with Gasteiger partial charge in [0.2, 0.25) is 0 Å². The van der Waals surface area contributed by atoms with Crippen molar-refractivity contribution in [3.05, 3.63) is 60.8 Å². The van der Waals surface area contributed by atoms with Crippen LogP contribution in [0.3, 0.4) is 0 Å². The molecule has 0 fully saturated rings. The zero-order valence-electron chi connectivity index (χ0n) is 44.4. The number of carbonyl (C=O) groups is 3. The molecule has 0 aliphatic heterocycles. The normalized spacial score (nSPS) is 12.5. The second-order valence-electron chi connectivity index (χ2n) is 19.2. The smallest absolute Gasteiger partial charge is 0.306 e. The predicted octanol–water partition coefficient (Wildman–Crippen LogP) is 19.2. The van der Waals surface area contributed by atoms with Gasteiger partial charge in [0.25, 0.3) is 0 Å². The minimum atomic E-state index is -0.783. The zero-order valence-corrected chi connectivity index (χ0v) is 44.4.